The van der Waals surface area contributed by atoms with Crippen LogP contribution in [0.3, 0.4) is 0 Å². The van der Waals surface area contributed by atoms with E-state index in [2.05, 4.69) is 15.3 Å². The normalized spacial score (nSPS) is 20.5. The van der Waals surface area contributed by atoms with Crippen LogP contribution in [-0.4, -0.2) is 48.1 Å². The van der Waals surface area contributed by atoms with Gasteiger partial charge in [-0.05, 0) is 19.8 Å². The summed E-state index contributed by atoms with van der Waals surface area (Å²) >= 11 is 6.12. The maximum absolute atomic E-state index is 11.7. The first-order chi connectivity index (χ1) is 9.81. The molecule has 0 saturated carbocycles. The van der Waals surface area contributed by atoms with Crippen molar-refractivity contribution < 1.29 is 8.42 Å². The SMILES string of the molecule is CCc1nc(Cl)c(C)c(NC2CCCN(S(C)(=O)=O)C2)n1. The standard InChI is InChI=1S/C13H21ClN4O2S/c1-4-11-16-12(14)9(2)13(17-11)15-10-6-5-7-18(8-10)21(3,19)20/h10H,4-8H2,1-3H3,(H,15,16,17). The summed E-state index contributed by atoms with van der Waals surface area (Å²) < 4.78 is 24.8. The Balaban J connectivity index is 2.16. The fourth-order valence-electron chi connectivity index (χ4n) is 2.39. The van der Waals surface area contributed by atoms with Gasteiger partial charge in [0.15, 0.2) is 0 Å². The van der Waals surface area contributed by atoms with E-state index < -0.39 is 10.0 Å². The Morgan fingerprint density at radius 2 is 2.14 bits per heavy atom. The van der Waals surface area contributed by atoms with Crippen molar-refractivity contribution in [1.29, 1.82) is 0 Å². The lowest BCUT2D eigenvalue weighted by Crippen LogP contribution is -2.44. The molecular formula is C13H21ClN4O2S. The van der Waals surface area contributed by atoms with Crippen LogP contribution in [0.15, 0.2) is 0 Å². The van der Waals surface area contributed by atoms with Crippen molar-refractivity contribution in [2.24, 2.45) is 0 Å². The number of aromatic nitrogens is 2. The number of sulfonamides is 1. The van der Waals surface area contributed by atoms with Gasteiger partial charge in [0.05, 0.1) is 6.26 Å². The fraction of sp³-hybridized carbons (Fsp3) is 0.692. The molecule has 0 aromatic carbocycles. The van der Waals surface area contributed by atoms with Gasteiger partial charge in [0.2, 0.25) is 10.0 Å². The van der Waals surface area contributed by atoms with Gasteiger partial charge < -0.3 is 5.32 Å². The first-order valence-electron chi connectivity index (χ1n) is 7.06. The largest absolute Gasteiger partial charge is 0.366 e. The predicted octanol–water partition coefficient (Wildman–Crippen LogP) is 1.84. The smallest absolute Gasteiger partial charge is 0.211 e. The average molecular weight is 333 g/mol. The molecule has 1 aromatic rings. The van der Waals surface area contributed by atoms with Crippen molar-refractivity contribution in [2.75, 3.05) is 24.7 Å². The van der Waals surface area contributed by atoms with Gasteiger partial charge in [-0.15, -0.1) is 0 Å². The third-order valence-corrected chi connectivity index (χ3v) is 5.28. The second-order valence-electron chi connectivity index (χ2n) is 5.36. The fourth-order valence-corrected chi connectivity index (χ4v) is 3.48. The highest BCUT2D eigenvalue weighted by Gasteiger charge is 2.26. The van der Waals surface area contributed by atoms with Crippen LogP contribution in [0.25, 0.3) is 0 Å². The number of piperidine rings is 1. The molecule has 8 heteroatoms. The van der Waals surface area contributed by atoms with Crippen molar-refractivity contribution in [2.45, 2.75) is 39.2 Å². The topological polar surface area (TPSA) is 75.2 Å². The van der Waals surface area contributed by atoms with Gasteiger partial charge in [0.1, 0.15) is 16.8 Å². The van der Waals surface area contributed by atoms with E-state index >= 15 is 0 Å². The highest BCUT2D eigenvalue weighted by molar-refractivity contribution is 7.88. The van der Waals surface area contributed by atoms with Gasteiger partial charge in [-0.2, -0.15) is 0 Å². The maximum Gasteiger partial charge on any atom is 0.211 e. The van der Waals surface area contributed by atoms with E-state index in [4.69, 9.17) is 11.6 Å². The zero-order chi connectivity index (χ0) is 15.6. The number of nitrogens with zero attached hydrogens (tertiary/aromatic N) is 3. The molecular weight excluding hydrogens is 312 g/mol. The van der Waals surface area contributed by atoms with Gasteiger partial charge in [0, 0.05) is 31.1 Å². The highest BCUT2D eigenvalue weighted by Crippen LogP contribution is 2.23. The molecule has 1 atom stereocenters. The zero-order valence-electron chi connectivity index (χ0n) is 12.6. The van der Waals surface area contributed by atoms with Crippen LogP contribution in [0.1, 0.15) is 31.2 Å². The molecule has 118 valence electrons. The van der Waals surface area contributed by atoms with Crippen LogP contribution in [0.4, 0.5) is 5.82 Å². The number of nitrogens with one attached hydrogen (secondary N) is 1. The minimum Gasteiger partial charge on any atom is -0.366 e. The quantitative estimate of drug-likeness (QED) is 0.851. The average Bonchev–Trinajstić information content (AvgIpc) is 2.43. The van der Waals surface area contributed by atoms with Crippen LogP contribution in [0.5, 0.6) is 0 Å². The molecule has 1 aliphatic heterocycles. The van der Waals surface area contributed by atoms with Crippen LogP contribution >= 0.6 is 11.6 Å². The van der Waals surface area contributed by atoms with Crippen LogP contribution in [0.2, 0.25) is 5.15 Å². The molecule has 1 N–H and O–H groups in total. The summed E-state index contributed by atoms with van der Waals surface area (Å²) in [5.74, 6) is 1.39. The van der Waals surface area contributed by atoms with E-state index in [1.165, 1.54) is 10.6 Å². The van der Waals surface area contributed by atoms with Crippen molar-refractivity contribution in [1.82, 2.24) is 14.3 Å². The zero-order valence-corrected chi connectivity index (χ0v) is 14.1. The minimum absolute atomic E-state index is 0.0443. The van der Waals surface area contributed by atoms with Gasteiger partial charge in [-0.3, -0.25) is 0 Å². The van der Waals surface area contributed by atoms with Gasteiger partial charge >= 0.3 is 0 Å². The van der Waals surface area contributed by atoms with Gasteiger partial charge in [0.25, 0.3) is 0 Å². The molecule has 2 rings (SSSR count). The number of halogens is 1. The molecule has 0 spiro atoms. The first-order valence-corrected chi connectivity index (χ1v) is 9.28. The van der Waals surface area contributed by atoms with Crippen molar-refractivity contribution in [3.8, 4) is 0 Å². The Morgan fingerprint density at radius 1 is 1.43 bits per heavy atom. The molecule has 1 aromatic heterocycles. The number of aryl methyl sites for hydroxylation is 1. The molecule has 1 saturated heterocycles. The van der Waals surface area contributed by atoms with E-state index in [1.807, 2.05) is 13.8 Å². The molecule has 0 bridgehead atoms. The lowest BCUT2D eigenvalue weighted by Gasteiger charge is -2.32. The van der Waals surface area contributed by atoms with Gasteiger partial charge in [-0.1, -0.05) is 18.5 Å². The summed E-state index contributed by atoms with van der Waals surface area (Å²) in [6.07, 6.45) is 3.70. The molecule has 1 fully saturated rings. The Bertz CT molecular complexity index is 621. The van der Waals surface area contributed by atoms with E-state index in [0.717, 1.165) is 18.4 Å². The molecule has 6 nitrogen and oxygen atoms in total. The summed E-state index contributed by atoms with van der Waals surface area (Å²) in [6.45, 7) is 4.88. The third kappa shape index (κ3) is 4.05. The monoisotopic (exact) mass is 332 g/mol. The van der Waals surface area contributed by atoms with E-state index in [0.29, 0.717) is 36.3 Å². The second-order valence-corrected chi connectivity index (χ2v) is 7.70. The van der Waals surface area contributed by atoms with E-state index in [1.54, 1.807) is 0 Å². The molecule has 2 heterocycles. The molecule has 21 heavy (non-hydrogen) atoms. The molecule has 1 aliphatic rings. The Labute approximate surface area is 131 Å². The van der Waals surface area contributed by atoms with Crippen molar-refractivity contribution in [3.63, 3.8) is 0 Å². The molecule has 0 amide bonds. The summed E-state index contributed by atoms with van der Waals surface area (Å²) in [7, 11) is -3.15. The Morgan fingerprint density at radius 3 is 2.76 bits per heavy atom. The van der Waals surface area contributed by atoms with Crippen molar-refractivity contribution >= 4 is 27.4 Å². The Hall–Kier alpha value is -0.920. The molecule has 1 unspecified atom stereocenters. The summed E-state index contributed by atoms with van der Waals surface area (Å²) in [5, 5.41) is 3.77. The second kappa shape index (κ2) is 6.46. The lowest BCUT2D eigenvalue weighted by atomic mass is 10.1. The summed E-state index contributed by atoms with van der Waals surface area (Å²) in [4.78, 5) is 8.67. The molecule has 0 aliphatic carbocycles. The maximum atomic E-state index is 11.7. The first kappa shape index (κ1) is 16.5. The Kier molecular flexibility index (Phi) is 5.06. The summed E-state index contributed by atoms with van der Waals surface area (Å²) in [5.41, 5.74) is 0.797. The molecule has 0 radical (unpaired) electrons. The highest BCUT2D eigenvalue weighted by atomic mass is 35.5. The van der Waals surface area contributed by atoms with Gasteiger partial charge in [-0.25, -0.2) is 22.7 Å². The third-order valence-electron chi connectivity index (χ3n) is 3.64. The van der Waals surface area contributed by atoms with Crippen molar-refractivity contribution in [3.05, 3.63) is 16.5 Å². The summed E-state index contributed by atoms with van der Waals surface area (Å²) in [6, 6.07) is 0.0443. The van der Waals surface area contributed by atoms with E-state index in [-0.39, 0.29) is 6.04 Å². The van der Waals surface area contributed by atoms with E-state index in [9.17, 15) is 8.42 Å². The van der Waals surface area contributed by atoms with Crippen LogP contribution in [-0.2, 0) is 16.4 Å². The number of hydrogen-bond donors (Lipinski definition) is 1. The number of anilines is 1. The number of rotatable bonds is 4. The van der Waals surface area contributed by atoms with Crippen LogP contribution < -0.4 is 5.32 Å². The predicted molar refractivity (Wildman–Crippen MR) is 84.2 cm³/mol. The lowest BCUT2D eigenvalue weighted by molar-refractivity contribution is 0.329. The minimum atomic E-state index is -3.15. The van der Waals surface area contributed by atoms with Crippen LogP contribution in [0, 0.1) is 6.92 Å². The number of hydrogen-bond acceptors (Lipinski definition) is 5.